The van der Waals surface area contributed by atoms with E-state index >= 15 is 0 Å². The minimum Gasteiger partial charge on any atom is -0.472 e. The quantitative estimate of drug-likeness (QED) is 0.368. The summed E-state index contributed by atoms with van der Waals surface area (Å²) >= 11 is 0. The third-order valence-corrected chi connectivity index (χ3v) is 10.2. The van der Waals surface area contributed by atoms with E-state index in [9.17, 15) is 19.2 Å². The van der Waals surface area contributed by atoms with E-state index in [1.165, 1.54) is 7.11 Å². The van der Waals surface area contributed by atoms with E-state index in [-0.39, 0.29) is 48.8 Å². The smallest absolute Gasteiger partial charge is 0.310 e. The number of fused-ring (bicyclic) bond motifs is 5. The predicted octanol–water partition coefficient (Wildman–Crippen LogP) is 5.28. The second kappa shape index (κ2) is 9.49. The van der Waals surface area contributed by atoms with Gasteiger partial charge in [0, 0.05) is 34.7 Å². The molecule has 1 saturated carbocycles. The van der Waals surface area contributed by atoms with Gasteiger partial charge in [0.15, 0.2) is 0 Å². The SMILES string of the molecule is COC(=O)CC1C2(C)CC(=O)C1(C)C1CCC3(C)C(=C1C=CC2OC(=O)C(C)C)CC(=O)OC3c1ccoc1. The number of cyclic esters (lactones) is 1. The Hall–Kier alpha value is -3.16. The van der Waals surface area contributed by atoms with Crippen LogP contribution in [0.5, 0.6) is 0 Å². The van der Waals surface area contributed by atoms with E-state index in [0.717, 1.165) is 16.7 Å². The third-order valence-electron chi connectivity index (χ3n) is 10.2. The second-order valence-electron chi connectivity index (χ2n) is 12.6. The third kappa shape index (κ3) is 4.09. The van der Waals surface area contributed by atoms with Crippen LogP contribution >= 0.6 is 0 Å². The van der Waals surface area contributed by atoms with E-state index in [1.807, 2.05) is 32.1 Å². The lowest BCUT2D eigenvalue weighted by atomic mass is 9.52. The van der Waals surface area contributed by atoms with Crippen molar-refractivity contribution < 1.29 is 37.8 Å². The zero-order chi connectivity index (χ0) is 28.3. The lowest BCUT2D eigenvalue weighted by molar-refractivity contribution is -0.162. The highest BCUT2D eigenvalue weighted by molar-refractivity contribution is 5.91. The number of carbonyl (C=O) groups is 4. The number of hydrogen-bond acceptors (Lipinski definition) is 8. The largest absolute Gasteiger partial charge is 0.472 e. The zero-order valence-electron chi connectivity index (χ0n) is 23.6. The molecule has 2 bridgehead atoms. The summed E-state index contributed by atoms with van der Waals surface area (Å²) in [4.78, 5) is 52.6. The lowest BCUT2D eigenvalue weighted by Gasteiger charge is -2.53. The minimum absolute atomic E-state index is 0.0366. The molecule has 3 aliphatic carbocycles. The van der Waals surface area contributed by atoms with Crippen molar-refractivity contribution >= 4 is 23.7 Å². The standard InChI is InChI=1S/C31H38O8/c1-17(2)28(35)38-24-8-7-19-20(31(5)22(14-25(33)36-6)30(24,4)15-23(31)32)9-11-29(3)21(19)13-26(34)39-27(29)18-10-12-37-16-18/h7-8,10,12,16-17,20,22,24,27H,9,11,13-15H2,1-6H3. The molecule has 210 valence electrons. The van der Waals surface area contributed by atoms with Crippen molar-refractivity contribution in [3.8, 4) is 0 Å². The van der Waals surface area contributed by atoms with E-state index < -0.39 is 40.3 Å². The van der Waals surface area contributed by atoms with Crippen LogP contribution in [0.25, 0.3) is 0 Å². The number of ether oxygens (including phenoxy) is 3. The molecule has 4 aliphatic rings. The molecule has 8 nitrogen and oxygen atoms in total. The molecular weight excluding hydrogens is 500 g/mol. The monoisotopic (exact) mass is 538 g/mol. The molecule has 8 heteroatoms. The van der Waals surface area contributed by atoms with Crippen LogP contribution in [0.15, 0.2) is 46.3 Å². The molecular formula is C31H38O8. The number of carbonyl (C=O) groups excluding carboxylic acids is 4. The van der Waals surface area contributed by atoms with Gasteiger partial charge in [-0.15, -0.1) is 0 Å². The highest BCUT2D eigenvalue weighted by Gasteiger charge is 2.66. The molecule has 0 spiro atoms. The van der Waals surface area contributed by atoms with Gasteiger partial charge in [-0.25, -0.2) is 0 Å². The maximum absolute atomic E-state index is 14.1. The summed E-state index contributed by atoms with van der Waals surface area (Å²) < 4.78 is 22.3. The average molecular weight is 539 g/mol. The van der Waals surface area contributed by atoms with Gasteiger partial charge in [-0.1, -0.05) is 40.7 Å². The molecule has 7 atom stereocenters. The molecule has 39 heavy (non-hydrogen) atoms. The van der Waals surface area contributed by atoms with Gasteiger partial charge in [-0.3, -0.25) is 19.2 Å². The number of rotatable bonds is 5. The molecule has 0 radical (unpaired) electrons. The van der Waals surface area contributed by atoms with E-state index in [1.54, 1.807) is 26.4 Å². The Morgan fingerprint density at radius 1 is 1.18 bits per heavy atom. The van der Waals surface area contributed by atoms with Crippen LogP contribution in [-0.4, -0.2) is 36.9 Å². The highest BCUT2D eigenvalue weighted by atomic mass is 16.6. The fourth-order valence-electron chi connectivity index (χ4n) is 7.85. The van der Waals surface area contributed by atoms with Gasteiger partial charge in [0.2, 0.25) is 0 Å². The van der Waals surface area contributed by atoms with Crippen molar-refractivity contribution in [3.05, 3.63) is 47.5 Å². The van der Waals surface area contributed by atoms with Crippen LogP contribution in [0.1, 0.15) is 78.4 Å². The van der Waals surface area contributed by atoms with Crippen LogP contribution in [0.2, 0.25) is 0 Å². The first-order chi connectivity index (χ1) is 18.4. The van der Waals surface area contributed by atoms with Crippen LogP contribution in [0, 0.1) is 34.0 Å². The van der Waals surface area contributed by atoms with Crippen molar-refractivity contribution in [2.75, 3.05) is 7.11 Å². The van der Waals surface area contributed by atoms with Crippen molar-refractivity contribution in [1.82, 2.24) is 0 Å². The van der Waals surface area contributed by atoms with Gasteiger partial charge in [0.25, 0.3) is 0 Å². The van der Waals surface area contributed by atoms with Gasteiger partial charge in [-0.05, 0) is 48.0 Å². The Bertz CT molecular complexity index is 1260. The molecule has 2 fully saturated rings. The Morgan fingerprint density at radius 2 is 1.92 bits per heavy atom. The van der Waals surface area contributed by atoms with Gasteiger partial charge in [-0.2, -0.15) is 0 Å². The van der Waals surface area contributed by atoms with E-state index in [2.05, 4.69) is 6.92 Å². The number of methoxy groups -OCH3 is 1. The molecule has 5 rings (SSSR count). The van der Waals surface area contributed by atoms with Crippen LogP contribution < -0.4 is 0 Å². The van der Waals surface area contributed by atoms with Gasteiger partial charge < -0.3 is 18.6 Å². The summed E-state index contributed by atoms with van der Waals surface area (Å²) in [7, 11) is 1.35. The maximum atomic E-state index is 14.1. The molecule has 1 aromatic heterocycles. The zero-order valence-corrected chi connectivity index (χ0v) is 23.6. The van der Waals surface area contributed by atoms with Crippen molar-refractivity contribution in [1.29, 1.82) is 0 Å². The maximum Gasteiger partial charge on any atom is 0.310 e. The van der Waals surface area contributed by atoms with Gasteiger partial charge >= 0.3 is 17.9 Å². The van der Waals surface area contributed by atoms with E-state index in [4.69, 9.17) is 18.6 Å². The average Bonchev–Trinajstić information content (AvgIpc) is 3.48. The predicted molar refractivity (Wildman–Crippen MR) is 140 cm³/mol. The number of esters is 3. The number of allylic oxidation sites excluding steroid dienone is 2. The number of hydrogen-bond donors (Lipinski definition) is 0. The molecule has 0 amide bonds. The summed E-state index contributed by atoms with van der Waals surface area (Å²) in [6, 6.07) is 1.82. The molecule has 7 unspecified atom stereocenters. The minimum atomic E-state index is -0.910. The van der Waals surface area contributed by atoms with Crippen molar-refractivity contribution in [2.45, 2.75) is 78.9 Å². The lowest BCUT2D eigenvalue weighted by Crippen LogP contribution is -2.50. The Labute approximate surface area is 229 Å². The summed E-state index contributed by atoms with van der Waals surface area (Å²) in [5.74, 6) is -2.05. The molecule has 1 aromatic rings. The topological polar surface area (TPSA) is 109 Å². The first kappa shape index (κ1) is 27.4. The second-order valence-corrected chi connectivity index (χ2v) is 12.6. The number of ketones is 1. The summed E-state index contributed by atoms with van der Waals surface area (Å²) in [6.07, 6.45) is 7.49. The Kier molecular flexibility index (Phi) is 6.67. The number of furan rings is 1. The molecule has 0 aromatic carbocycles. The summed E-state index contributed by atoms with van der Waals surface area (Å²) in [6.45, 7) is 9.54. The molecule has 0 N–H and O–H groups in total. The van der Waals surface area contributed by atoms with Crippen molar-refractivity contribution in [3.63, 3.8) is 0 Å². The fourth-order valence-corrected chi connectivity index (χ4v) is 7.85. The molecule has 2 heterocycles. The van der Waals surface area contributed by atoms with Crippen LogP contribution in [0.3, 0.4) is 0 Å². The fraction of sp³-hybridized carbons (Fsp3) is 0.613. The van der Waals surface area contributed by atoms with Crippen molar-refractivity contribution in [2.24, 2.45) is 34.0 Å². The molecule has 1 saturated heterocycles. The summed E-state index contributed by atoms with van der Waals surface area (Å²) in [5, 5.41) is 0. The van der Waals surface area contributed by atoms with Crippen LogP contribution in [0.4, 0.5) is 0 Å². The number of Topliss-reactive ketones (excluding diaryl/α,β-unsaturated/α-hetero) is 1. The van der Waals surface area contributed by atoms with E-state index in [0.29, 0.717) is 12.8 Å². The van der Waals surface area contributed by atoms with Gasteiger partial charge in [0.1, 0.15) is 18.0 Å². The normalized spacial score (nSPS) is 37.5. The van der Waals surface area contributed by atoms with Crippen LogP contribution in [-0.2, 0) is 33.4 Å². The van der Waals surface area contributed by atoms with Gasteiger partial charge in [0.05, 0.1) is 32.0 Å². The molecule has 1 aliphatic heterocycles. The Morgan fingerprint density at radius 3 is 2.56 bits per heavy atom. The highest BCUT2D eigenvalue weighted by Crippen LogP contribution is 2.66. The Balaban J connectivity index is 1.72. The first-order valence-corrected chi connectivity index (χ1v) is 13.8. The first-order valence-electron chi connectivity index (χ1n) is 13.8. The summed E-state index contributed by atoms with van der Waals surface area (Å²) in [5.41, 5.74) is 0.438.